The van der Waals surface area contributed by atoms with Crippen LogP contribution < -0.4 is 13.9 Å². The zero-order valence-corrected chi connectivity index (χ0v) is 20.1. The number of ether oxygens (including phenoxy) is 1. The predicted octanol–water partition coefficient (Wildman–Crippen LogP) is 5.87. The normalized spacial score (nSPS) is 11.7. The smallest absolute Gasteiger partial charge is 0.258 e. The summed E-state index contributed by atoms with van der Waals surface area (Å²) in [5.74, 6) is 0.939. The van der Waals surface area contributed by atoms with Crippen LogP contribution in [0.4, 0.5) is 11.4 Å². The summed E-state index contributed by atoms with van der Waals surface area (Å²) in [4.78, 5) is 29.3. The summed E-state index contributed by atoms with van der Waals surface area (Å²) < 4.78 is 7.35. The van der Waals surface area contributed by atoms with Gasteiger partial charge in [-0.15, -0.1) is 0 Å². The van der Waals surface area contributed by atoms with Gasteiger partial charge in [-0.1, -0.05) is 12.1 Å². The van der Waals surface area contributed by atoms with Gasteiger partial charge in [0.1, 0.15) is 12.0 Å². The molecule has 172 valence electrons. The molecule has 34 heavy (non-hydrogen) atoms. The van der Waals surface area contributed by atoms with Crippen molar-refractivity contribution in [3.05, 3.63) is 90.3 Å². The fourth-order valence-corrected chi connectivity index (χ4v) is 4.77. The van der Waals surface area contributed by atoms with Crippen molar-refractivity contribution in [3.8, 4) is 5.75 Å². The van der Waals surface area contributed by atoms with E-state index in [1.165, 1.54) is 0 Å². The number of nitrogens with zero attached hydrogens (tertiary/aromatic N) is 3. The highest BCUT2D eigenvalue weighted by Gasteiger charge is 2.29. The Kier molecular flexibility index (Phi) is 7.13. The van der Waals surface area contributed by atoms with Crippen LogP contribution >= 0.6 is 11.9 Å². The van der Waals surface area contributed by atoms with E-state index in [2.05, 4.69) is 27.5 Å². The first-order valence-corrected chi connectivity index (χ1v) is 11.6. The van der Waals surface area contributed by atoms with Gasteiger partial charge >= 0.3 is 0 Å². The highest BCUT2D eigenvalue weighted by molar-refractivity contribution is 8.00. The third-order valence-corrected chi connectivity index (χ3v) is 6.61. The van der Waals surface area contributed by atoms with Crippen molar-refractivity contribution in [2.75, 3.05) is 29.9 Å². The van der Waals surface area contributed by atoms with Gasteiger partial charge in [0.2, 0.25) is 0 Å². The lowest BCUT2D eigenvalue weighted by Gasteiger charge is -2.20. The second-order valence-electron chi connectivity index (χ2n) is 7.55. The van der Waals surface area contributed by atoms with Crippen LogP contribution in [0.3, 0.4) is 0 Å². The van der Waals surface area contributed by atoms with Gasteiger partial charge in [0.05, 0.1) is 12.8 Å². The molecule has 0 atom stereocenters. The summed E-state index contributed by atoms with van der Waals surface area (Å²) in [6, 6.07) is 21.5. The molecule has 4 aromatic rings. The molecule has 0 fully saturated rings. The van der Waals surface area contributed by atoms with E-state index in [9.17, 15) is 9.59 Å². The van der Waals surface area contributed by atoms with E-state index in [0.717, 1.165) is 44.6 Å². The average molecular weight is 472 g/mol. The molecule has 0 unspecified atom stereocenters. The van der Waals surface area contributed by atoms with Gasteiger partial charge in [-0.2, -0.15) is 0 Å². The van der Waals surface area contributed by atoms with Crippen LogP contribution in [0.15, 0.2) is 84.0 Å². The molecule has 5 rings (SSSR count). The molecule has 0 aliphatic carbocycles. The van der Waals surface area contributed by atoms with Crippen molar-refractivity contribution in [1.29, 1.82) is 0 Å². The van der Waals surface area contributed by atoms with Gasteiger partial charge in [0.15, 0.2) is 0 Å². The van der Waals surface area contributed by atoms with E-state index >= 15 is 0 Å². The Morgan fingerprint density at radius 2 is 1.76 bits per heavy atom. The molecule has 0 radical (unpaired) electrons. The number of hydrogen-bond donors (Lipinski definition) is 0. The Balaban J connectivity index is 0.000000291. The first kappa shape index (κ1) is 23.3. The highest BCUT2D eigenvalue weighted by atomic mass is 32.2. The largest absolute Gasteiger partial charge is 0.497 e. The summed E-state index contributed by atoms with van der Waals surface area (Å²) in [5, 5.41) is 2.18. The number of anilines is 2. The molecule has 1 aliphatic heterocycles. The maximum absolute atomic E-state index is 12.6. The topological polar surface area (TPSA) is 62.7 Å². The predicted molar refractivity (Wildman–Crippen MR) is 138 cm³/mol. The van der Waals surface area contributed by atoms with Gasteiger partial charge in [0.25, 0.3) is 5.91 Å². The first-order valence-electron chi connectivity index (χ1n) is 10.9. The van der Waals surface area contributed by atoms with Crippen LogP contribution in [-0.2, 0) is 0 Å². The van der Waals surface area contributed by atoms with Gasteiger partial charge in [0, 0.05) is 53.1 Å². The minimum atomic E-state index is 0.0961. The maximum atomic E-state index is 12.6. The molecule has 0 spiro atoms. The number of benzene rings is 3. The van der Waals surface area contributed by atoms with E-state index in [1.807, 2.05) is 55.3 Å². The lowest BCUT2D eigenvalue weighted by Crippen LogP contribution is -2.25. The zero-order valence-electron chi connectivity index (χ0n) is 19.3. The van der Waals surface area contributed by atoms with Gasteiger partial charge in [-0.05, 0) is 78.9 Å². The molecule has 0 N–H and O–H groups in total. The quantitative estimate of drug-likeness (QED) is 0.259. The van der Waals surface area contributed by atoms with E-state index in [4.69, 9.17) is 4.74 Å². The minimum Gasteiger partial charge on any atom is -0.497 e. The van der Waals surface area contributed by atoms with Gasteiger partial charge in [-0.25, -0.2) is 0 Å². The van der Waals surface area contributed by atoms with Crippen LogP contribution in [0, 0.1) is 0 Å². The van der Waals surface area contributed by atoms with Crippen LogP contribution in [0.2, 0.25) is 0 Å². The Morgan fingerprint density at radius 3 is 2.38 bits per heavy atom. The Morgan fingerprint density at radius 1 is 1.03 bits per heavy atom. The monoisotopic (exact) mass is 471 g/mol. The standard InChI is InChI=1S/C21H20N2O2S.C6H5NO/c1-4-23-18-12-13-19(16-6-5-7-17(20(16)18)21(23)24)26-22(2)14-8-10-15(25-3)11-9-14;8-5-6-1-3-7-4-2-6/h5-13H,4H2,1-3H3;1-5H. The summed E-state index contributed by atoms with van der Waals surface area (Å²) in [5.41, 5.74) is 3.57. The maximum Gasteiger partial charge on any atom is 0.258 e. The Labute approximate surface area is 203 Å². The number of aldehydes is 1. The highest BCUT2D eigenvalue weighted by Crippen LogP contribution is 2.42. The van der Waals surface area contributed by atoms with Crippen LogP contribution in [-0.4, -0.2) is 37.9 Å². The van der Waals surface area contributed by atoms with Crippen molar-refractivity contribution in [3.63, 3.8) is 0 Å². The number of carbonyl (C=O) groups excluding carboxylic acids is 2. The fourth-order valence-electron chi connectivity index (χ4n) is 3.85. The summed E-state index contributed by atoms with van der Waals surface area (Å²) >= 11 is 1.66. The van der Waals surface area contributed by atoms with E-state index in [0.29, 0.717) is 12.1 Å². The van der Waals surface area contributed by atoms with Crippen LogP contribution in [0.5, 0.6) is 5.75 Å². The summed E-state index contributed by atoms with van der Waals surface area (Å²) in [6.45, 7) is 2.69. The number of rotatable bonds is 6. The molecular formula is C27H25N3O3S. The van der Waals surface area contributed by atoms with E-state index in [-0.39, 0.29) is 5.91 Å². The fraction of sp³-hybridized carbons (Fsp3) is 0.148. The molecule has 1 aliphatic rings. The molecular weight excluding hydrogens is 446 g/mol. The number of carbonyl (C=O) groups is 2. The molecule has 6 nitrogen and oxygen atoms in total. The van der Waals surface area contributed by atoms with Crippen molar-refractivity contribution in [2.24, 2.45) is 0 Å². The van der Waals surface area contributed by atoms with Gasteiger partial charge < -0.3 is 13.9 Å². The van der Waals surface area contributed by atoms with Crippen molar-refractivity contribution >= 4 is 46.3 Å². The van der Waals surface area contributed by atoms with E-state index < -0.39 is 0 Å². The minimum absolute atomic E-state index is 0.0961. The average Bonchev–Trinajstić information content (AvgIpc) is 3.18. The molecule has 0 saturated carbocycles. The second kappa shape index (κ2) is 10.4. The van der Waals surface area contributed by atoms with Crippen molar-refractivity contribution < 1.29 is 14.3 Å². The summed E-state index contributed by atoms with van der Waals surface area (Å²) in [7, 11) is 3.71. The molecule has 1 aromatic heterocycles. The third kappa shape index (κ3) is 4.61. The van der Waals surface area contributed by atoms with Crippen LogP contribution in [0.25, 0.3) is 10.8 Å². The second-order valence-corrected chi connectivity index (χ2v) is 8.72. The number of aromatic nitrogens is 1. The number of amides is 1. The van der Waals surface area contributed by atoms with E-state index in [1.54, 1.807) is 43.6 Å². The van der Waals surface area contributed by atoms with Gasteiger partial charge in [-0.3, -0.25) is 14.6 Å². The zero-order chi connectivity index (χ0) is 24.1. The Hall–Kier alpha value is -3.84. The number of hydrogen-bond acceptors (Lipinski definition) is 6. The SMILES string of the molecule is CCN1C(=O)c2cccc3c(SN(C)c4ccc(OC)cc4)ccc1c23.O=Cc1ccncc1. The number of pyridine rings is 1. The summed E-state index contributed by atoms with van der Waals surface area (Å²) in [6.07, 6.45) is 3.97. The Bertz CT molecular complexity index is 1310. The molecule has 2 heterocycles. The molecule has 0 bridgehead atoms. The van der Waals surface area contributed by atoms with Crippen molar-refractivity contribution in [1.82, 2.24) is 4.98 Å². The lowest BCUT2D eigenvalue weighted by molar-refractivity contribution is 0.0994. The molecule has 0 saturated heterocycles. The molecule has 1 amide bonds. The lowest BCUT2D eigenvalue weighted by atomic mass is 10.1. The molecule has 3 aromatic carbocycles. The first-order chi connectivity index (χ1) is 16.6. The van der Waals surface area contributed by atoms with Crippen molar-refractivity contribution in [2.45, 2.75) is 11.8 Å². The third-order valence-electron chi connectivity index (χ3n) is 5.57. The number of methoxy groups -OCH3 is 1. The van der Waals surface area contributed by atoms with Crippen LogP contribution in [0.1, 0.15) is 27.6 Å². The molecule has 7 heteroatoms.